The van der Waals surface area contributed by atoms with Gasteiger partial charge in [0.25, 0.3) is 5.56 Å². The first kappa shape index (κ1) is 39.2. The average molecular weight is 684 g/mol. The van der Waals surface area contributed by atoms with Gasteiger partial charge in [0.2, 0.25) is 13.6 Å². The van der Waals surface area contributed by atoms with Crippen molar-refractivity contribution in [2.24, 2.45) is 29.4 Å². The third-order valence-electron chi connectivity index (χ3n) is 7.00. The third-order valence-corrected chi connectivity index (χ3v) is 8.29. The number of nitrogens with zero attached hydrogens (tertiary/aromatic N) is 2. The van der Waals surface area contributed by atoms with Crippen LogP contribution < -0.4 is 17.0 Å². The molecule has 1 saturated heterocycles. The number of halogens is 1. The number of hydrogen-bond donors (Lipinski definition) is 2. The van der Waals surface area contributed by atoms with Crippen LogP contribution in [0.5, 0.6) is 0 Å². The summed E-state index contributed by atoms with van der Waals surface area (Å²) >= 11 is 0. The number of ether oxygens (including phenoxy) is 4. The van der Waals surface area contributed by atoms with Gasteiger partial charge < -0.3 is 29.8 Å². The van der Waals surface area contributed by atoms with E-state index in [0.29, 0.717) is 4.57 Å². The molecule has 1 aliphatic heterocycles. The number of aliphatic hydroxyl groups is 1. The lowest BCUT2D eigenvalue weighted by molar-refractivity contribution is -0.161. The summed E-state index contributed by atoms with van der Waals surface area (Å²) in [5, 5.41) is 11.0. The van der Waals surface area contributed by atoms with E-state index in [1.807, 2.05) is 0 Å². The first-order valence-corrected chi connectivity index (χ1v) is 15.9. The van der Waals surface area contributed by atoms with E-state index in [1.165, 1.54) is 34.6 Å². The smallest absolute Gasteiger partial charge is 0.442 e. The highest BCUT2D eigenvalue weighted by molar-refractivity contribution is 7.48. The van der Waals surface area contributed by atoms with Crippen molar-refractivity contribution in [3.8, 4) is 0 Å². The summed E-state index contributed by atoms with van der Waals surface area (Å²) in [4.78, 5) is 61.5. The average Bonchev–Trinajstić information content (AvgIpc) is 3.24. The van der Waals surface area contributed by atoms with Crippen LogP contribution in [0, 0.1) is 23.7 Å². The lowest BCUT2D eigenvalue weighted by Gasteiger charge is -2.30. The van der Waals surface area contributed by atoms with E-state index in [9.17, 15) is 38.0 Å². The molecule has 0 aliphatic carbocycles. The molecule has 0 saturated carbocycles. The molecule has 46 heavy (non-hydrogen) atoms. The standard InChI is InChI=1S/C27H43FN3O14P/c1-15(2)20(29)25(36)39-12-31-19(32)8-9-30(26(31)37)22-18(7)21(33)27(10-28,45-22)11-42-46(38,43-13-40-23(34)16(3)4)44-14-41-24(35)17(5)6/h8-9,15-18,20-22,33H,10-14,29H2,1-7H3. The topological polar surface area (TPSA) is 223 Å². The van der Waals surface area contributed by atoms with Crippen LogP contribution in [-0.2, 0) is 58.2 Å². The predicted octanol–water partition coefficient (Wildman–Crippen LogP) is 1.20. The molecule has 3 N–H and O–H groups in total. The maximum atomic E-state index is 14.6. The normalized spacial score (nSPS) is 22.3. The molecule has 262 valence electrons. The summed E-state index contributed by atoms with van der Waals surface area (Å²) in [6, 6.07) is -0.0349. The Labute approximate surface area is 264 Å². The van der Waals surface area contributed by atoms with Gasteiger partial charge in [-0.3, -0.25) is 28.3 Å². The SMILES string of the molecule is CC(C)C(=O)OCOP(=O)(OCOC(=O)C(C)C)OCC1(CF)OC(n2ccc(=O)n(COC(=O)C(N)C(C)C)c2=O)C(C)C1O. The van der Waals surface area contributed by atoms with Crippen LogP contribution in [0.3, 0.4) is 0 Å². The number of alkyl halides is 1. The highest BCUT2D eigenvalue weighted by Crippen LogP contribution is 2.52. The summed E-state index contributed by atoms with van der Waals surface area (Å²) in [5.74, 6) is -4.71. The van der Waals surface area contributed by atoms with E-state index in [0.717, 1.165) is 16.8 Å². The minimum Gasteiger partial charge on any atom is -0.442 e. The van der Waals surface area contributed by atoms with Crippen molar-refractivity contribution in [3.63, 3.8) is 0 Å². The van der Waals surface area contributed by atoms with Crippen LogP contribution in [0.4, 0.5) is 4.39 Å². The fourth-order valence-electron chi connectivity index (χ4n) is 3.90. The maximum Gasteiger partial charge on any atom is 0.480 e. The van der Waals surface area contributed by atoms with Gasteiger partial charge in [-0.25, -0.2) is 27.4 Å². The number of carbonyl (C=O) groups is 3. The van der Waals surface area contributed by atoms with Gasteiger partial charge in [-0.2, -0.15) is 0 Å². The Hall–Kier alpha value is -2.99. The summed E-state index contributed by atoms with van der Waals surface area (Å²) in [6.45, 7) is 5.89. The van der Waals surface area contributed by atoms with Crippen LogP contribution in [-0.4, -0.2) is 76.8 Å². The number of hydrogen-bond acceptors (Lipinski definition) is 15. The van der Waals surface area contributed by atoms with Crippen LogP contribution in [0.1, 0.15) is 54.7 Å². The van der Waals surface area contributed by atoms with Crippen molar-refractivity contribution in [3.05, 3.63) is 33.1 Å². The van der Waals surface area contributed by atoms with Gasteiger partial charge in [-0.1, -0.05) is 48.5 Å². The number of phosphoric ester groups is 1. The first-order valence-electron chi connectivity index (χ1n) is 14.4. The largest absolute Gasteiger partial charge is 0.480 e. The monoisotopic (exact) mass is 683 g/mol. The molecule has 0 spiro atoms. The maximum absolute atomic E-state index is 14.6. The number of carbonyl (C=O) groups excluding carboxylic acids is 3. The Morgan fingerprint density at radius 1 is 1.00 bits per heavy atom. The zero-order chi connectivity index (χ0) is 35.0. The Morgan fingerprint density at radius 2 is 1.54 bits per heavy atom. The van der Waals surface area contributed by atoms with Crippen LogP contribution in [0.15, 0.2) is 21.9 Å². The molecule has 0 bridgehead atoms. The van der Waals surface area contributed by atoms with Crippen molar-refractivity contribution >= 4 is 25.7 Å². The molecule has 1 aliphatic rings. The quantitative estimate of drug-likeness (QED) is 0.102. The van der Waals surface area contributed by atoms with E-state index in [4.69, 9.17) is 38.3 Å². The van der Waals surface area contributed by atoms with Gasteiger partial charge in [-0.05, 0) is 5.92 Å². The molecule has 5 atom stereocenters. The second kappa shape index (κ2) is 16.7. The predicted molar refractivity (Wildman–Crippen MR) is 155 cm³/mol. The Balaban J connectivity index is 2.29. The molecule has 1 fully saturated rings. The van der Waals surface area contributed by atoms with Gasteiger partial charge in [-0.15, -0.1) is 0 Å². The van der Waals surface area contributed by atoms with Crippen LogP contribution in [0.25, 0.3) is 0 Å². The lowest BCUT2D eigenvalue weighted by atomic mass is 9.92. The Morgan fingerprint density at radius 3 is 2.02 bits per heavy atom. The van der Waals surface area contributed by atoms with Crippen molar-refractivity contribution in [2.45, 2.75) is 79.2 Å². The van der Waals surface area contributed by atoms with E-state index < -0.39 is 112 Å². The van der Waals surface area contributed by atoms with E-state index in [-0.39, 0.29) is 5.92 Å². The third kappa shape index (κ3) is 9.76. The number of phosphoric acid groups is 1. The van der Waals surface area contributed by atoms with E-state index in [2.05, 4.69) is 0 Å². The molecule has 2 rings (SSSR count). The van der Waals surface area contributed by atoms with Crippen LogP contribution in [0.2, 0.25) is 0 Å². The van der Waals surface area contributed by atoms with Gasteiger partial charge >= 0.3 is 31.4 Å². The second-order valence-corrected chi connectivity index (χ2v) is 13.3. The van der Waals surface area contributed by atoms with Gasteiger partial charge in [0, 0.05) is 18.2 Å². The second-order valence-electron chi connectivity index (χ2n) is 11.6. The van der Waals surface area contributed by atoms with Crippen molar-refractivity contribution < 1.29 is 61.0 Å². The molecule has 2 heterocycles. The van der Waals surface area contributed by atoms with E-state index >= 15 is 0 Å². The van der Waals surface area contributed by atoms with Gasteiger partial charge in [0.1, 0.15) is 24.5 Å². The summed E-state index contributed by atoms with van der Waals surface area (Å²) in [7, 11) is -4.78. The summed E-state index contributed by atoms with van der Waals surface area (Å²) < 4.78 is 65.3. The number of nitrogens with two attached hydrogens (primary N) is 1. The molecule has 1 aromatic rings. The molecule has 17 nitrogen and oxygen atoms in total. The van der Waals surface area contributed by atoms with Crippen molar-refractivity contribution in [1.29, 1.82) is 0 Å². The molecule has 1 aromatic heterocycles. The van der Waals surface area contributed by atoms with Crippen LogP contribution >= 0.6 is 7.82 Å². The number of aromatic nitrogens is 2. The highest BCUT2D eigenvalue weighted by Gasteiger charge is 2.55. The molecular weight excluding hydrogens is 640 g/mol. The Kier molecular flexibility index (Phi) is 14.2. The lowest BCUT2D eigenvalue weighted by Crippen LogP contribution is -2.47. The minimum atomic E-state index is -4.78. The molecule has 19 heteroatoms. The molecule has 0 aromatic carbocycles. The fourth-order valence-corrected chi connectivity index (χ4v) is 4.87. The zero-order valence-electron chi connectivity index (χ0n) is 26.8. The summed E-state index contributed by atoms with van der Waals surface area (Å²) in [5.41, 5.74) is 1.64. The minimum absolute atomic E-state index is 0.279. The molecule has 0 radical (unpaired) electrons. The summed E-state index contributed by atoms with van der Waals surface area (Å²) in [6.07, 6.45) is -2.04. The Bertz CT molecular complexity index is 1350. The van der Waals surface area contributed by atoms with Crippen molar-refractivity contribution in [2.75, 3.05) is 26.9 Å². The number of aliphatic hydroxyl groups excluding tert-OH is 1. The highest BCUT2D eigenvalue weighted by atomic mass is 31.2. The molecular formula is C27H43FN3O14P. The van der Waals surface area contributed by atoms with E-state index in [1.54, 1.807) is 13.8 Å². The fraction of sp³-hybridized carbons (Fsp3) is 0.741. The number of rotatable bonds is 17. The van der Waals surface area contributed by atoms with Gasteiger partial charge in [0.05, 0.1) is 24.5 Å². The molecule has 5 unspecified atom stereocenters. The zero-order valence-corrected chi connectivity index (χ0v) is 27.7. The van der Waals surface area contributed by atoms with Gasteiger partial charge in [0.15, 0.2) is 6.73 Å². The molecule has 0 amide bonds. The van der Waals surface area contributed by atoms with Crippen molar-refractivity contribution in [1.82, 2.24) is 9.13 Å². The first-order chi connectivity index (χ1) is 21.4. The number of esters is 3.